The number of thiocarbonyl (C=S) groups is 1. The predicted molar refractivity (Wildman–Crippen MR) is 82.6 cm³/mol. The van der Waals surface area contributed by atoms with Crippen LogP contribution in [0.3, 0.4) is 0 Å². The Balaban J connectivity index is 2.73. The minimum atomic E-state index is 0.349. The standard InChI is InChI=1S/C14H25N3OS/c1-5-7-8-11(6-2)9-18-14-12(13(15)19)10(3)16-17(14)4/h11H,5-9H2,1-4H3,(H2,15,19). The van der Waals surface area contributed by atoms with E-state index >= 15 is 0 Å². The average Bonchev–Trinajstić information content (AvgIpc) is 2.64. The zero-order valence-electron chi connectivity index (χ0n) is 12.4. The van der Waals surface area contributed by atoms with Gasteiger partial charge in [-0.15, -0.1) is 0 Å². The zero-order chi connectivity index (χ0) is 14.4. The first kappa shape index (κ1) is 16.0. The third-order valence-corrected chi connectivity index (χ3v) is 3.62. The van der Waals surface area contributed by atoms with Crippen molar-refractivity contribution in [2.75, 3.05) is 6.61 Å². The fraction of sp³-hybridized carbons (Fsp3) is 0.714. The molecule has 0 radical (unpaired) electrons. The summed E-state index contributed by atoms with van der Waals surface area (Å²) in [6.45, 7) is 7.01. The zero-order valence-corrected chi connectivity index (χ0v) is 13.2. The Kier molecular flexibility index (Phi) is 6.28. The number of unbranched alkanes of at least 4 members (excludes halogenated alkanes) is 1. The van der Waals surface area contributed by atoms with Gasteiger partial charge in [-0.25, -0.2) is 4.68 Å². The van der Waals surface area contributed by atoms with E-state index < -0.39 is 0 Å². The summed E-state index contributed by atoms with van der Waals surface area (Å²) in [5, 5.41) is 4.32. The van der Waals surface area contributed by atoms with Crippen LogP contribution in [0.25, 0.3) is 0 Å². The van der Waals surface area contributed by atoms with E-state index in [-0.39, 0.29) is 0 Å². The number of ether oxygens (including phenoxy) is 1. The summed E-state index contributed by atoms with van der Waals surface area (Å²) in [5.41, 5.74) is 7.34. The Hall–Kier alpha value is -1.10. The second-order valence-corrected chi connectivity index (χ2v) is 5.42. The van der Waals surface area contributed by atoms with Crippen LogP contribution in [0.5, 0.6) is 5.88 Å². The molecule has 0 aliphatic carbocycles. The fourth-order valence-corrected chi connectivity index (χ4v) is 2.42. The van der Waals surface area contributed by atoms with Crippen molar-refractivity contribution in [3.8, 4) is 5.88 Å². The summed E-state index contributed by atoms with van der Waals surface area (Å²) in [5.74, 6) is 1.27. The molecule has 0 aliphatic rings. The summed E-state index contributed by atoms with van der Waals surface area (Å²) < 4.78 is 7.65. The molecule has 0 saturated heterocycles. The van der Waals surface area contributed by atoms with Gasteiger partial charge >= 0.3 is 0 Å². The molecule has 0 saturated carbocycles. The Morgan fingerprint density at radius 1 is 1.47 bits per heavy atom. The van der Waals surface area contributed by atoms with Crippen LogP contribution in [0.4, 0.5) is 0 Å². The highest BCUT2D eigenvalue weighted by atomic mass is 32.1. The molecule has 1 rings (SSSR count). The lowest BCUT2D eigenvalue weighted by atomic mass is 10.0. The van der Waals surface area contributed by atoms with E-state index in [4.69, 9.17) is 22.7 Å². The maximum absolute atomic E-state index is 5.93. The van der Waals surface area contributed by atoms with Crippen molar-refractivity contribution in [1.82, 2.24) is 9.78 Å². The van der Waals surface area contributed by atoms with Crippen molar-refractivity contribution in [2.45, 2.75) is 46.5 Å². The molecule has 1 unspecified atom stereocenters. The van der Waals surface area contributed by atoms with Crippen LogP contribution < -0.4 is 10.5 Å². The molecule has 2 N–H and O–H groups in total. The number of hydrogen-bond acceptors (Lipinski definition) is 3. The lowest BCUT2D eigenvalue weighted by molar-refractivity contribution is 0.217. The highest BCUT2D eigenvalue weighted by molar-refractivity contribution is 7.80. The van der Waals surface area contributed by atoms with E-state index in [9.17, 15) is 0 Å². The van der Waals surface area contributed by atoms with Crippen molar-refractivity contribution < 1.29 is 4.74 Å². The highest BCUT2D eigenvalue weighted by Crippen LogP contribution is 2.23. The second-order valence-electron chi connectivity index (χ2n) is 4.98. The summed E-state index contributed by atoms with van der Waals surface area (Å²) in [6, 6.07) is 0. The van der Waals surface area contributed by atoms with Crippen molar-refractivity contribution in [3.05, 3.63) is 11.3 Å². The first-order valence-electron chi connectivity index (χ1n) is 6.97. The Labute approximate surface area is 121 Å². The molecular formula is C14H25N3OS. The van der Waals surface area contributed by atoms with Crippen molar-refractivity contribution in [2.24, 2.45) is 18.7 Å². The van der Waals surface area contributed by atoms with Crippen molar-refractivity contribution in [1.29, 1.82) is 0 Å². The van der Waals surface area contributed by atoms with Gasteiger partial charge in [0.1, 0.15) is 4.99 Å². The molecular weight excluding hydrogens is 258 g/mol. The average molecular weight is 283 g/mol. The number of rotatable bonds is 8. The van der Waals surface area contributed by atoms with Gasteiger partial charge in [0.05, 0.1) is 17.9 Å². The molecule has 0 amide bonds. The summed E-state index contributed by atoms with van der Waals surface area (Å²) >= 11 is 5.07. The van der Waals surface area contributed by atoms with Crippen molar-refractivity contribution in [3.63, 3.8) is 0 Å². The van der Waals surface area contributed by atoms with Gasteiger partial charge in [0.15, 0.2) is 0 Å². The maximum Gasteiger partial charge on any atom is 0.222 e. The van der Waals surface area contributed by atoms with Gasteiger partial charge in [-0.2, -0.15) is 5.10 Å². The molecule has 0 spiro atoms. The summed E-state index contributed by atoms with van der Waals surface area (Å²) in [7, 11) is 1.86. The van der Waals surface area contributed by atoms with Crippen LogP contribution in [0.1, 0.15) is 50.8 Å². The van der Waals surface area contributed by atoms with E-state index in [0.717, 1.165) is 17.7 Å². The first-order chi connectivity index (χ1) is 9.01. The number of aryl methyl sites for hydroxylation is 2. The minimum absolute atomic E-state index is 0.349. The molecule has 1 aromatic rings. The molecule has 108 valence electrons. The van der Waals surface area contributed by atoms with Gasteiger partial charge in [-0.1, -0.05) is 45.3 Å². The number of nitrogens with two attached hydrogens (primary N) is 1. The largest absolute Gasteiger partial charge is 0.477 e. The smallest absolute Gasteiger partial charge is 0.222 e. The fourth-order valence-electron chi connectivity index (χ4n) is 2.18. The number of nitrogens with zero attached hydrogens (tertiary/aromatic N) is 2. The van der Waals surface area contributed by atoms with Gasteiger partial charge in [0.25, 0.3) is 0 Å². The molecule has 5 heteroatoms. The van der Waals surface area contributed by atoms with Gasteiger partial charge in [0, 0.05) is 7.05 Å². The molecule has 0 bridgehead atoms. The summed E-state index contributed by atoms with van der Waals surface area (Å²) in [6.07, 6.45) is 4.79. The normalized spacial score (nSPS) is 12.4. The van der Waals surface area contributed by atoms with E-state index in [1.165, 1.54) is 19.3 Å². The van der Waals surface area contributed by atoms with Gasteiger partial charge < -0.3 is 10.5 Å². The highest BCUT2D eigenvalue weighted by Gasteiger charge is 2.18. The molecule has 0 aromatic carbocycles. The van der Waals surface area contributed by atoms with Crippen LogP contribution in [-0.2, 0) is 7.05 Å². The second kappa shape index (κ2) is 7.48. The summed E-state index contributed by atoms with van der Waals surface area (Å²) in [4.78, 5) is 0.349. The number of hydrogen-bond donors (Lipinski definition) is 1. The molecule has 1 atom stereocenters. The predicted octanol–water partition coefficient (Wildman–Crippen LogP) is 2.96. The molecule has 0 aliphatic heterocycles. The van der Waals surface area contributed by atoms with Gasteiger partial charge in [-0.3, -0.25) is 0 Å². The van der Waals surface area contributed by atoms with Crippen LogP contribution in [0, 0.1) is 12.8 Å². The quantitative estimate of drug-likeness (QED) is 0.745. The van der Waals surface area contributed by atoms with E-state index in [1.807, 2.05) is 14.0 Å². The van der Waals surface area contributed by atoms with Gasteiger partial charge in [0.2, 0.25) is 5.88 Å². The van der Waals surface area contributed by atoms with Crippen LogP contribution in [0.2, 0.25) is 0 Å². The molecule has 1 heterocycles. The molecule has 0 fully saturated rings. The molecule has 1 aromatic heterocycles. The lowest BCUT2D eigenvalue weighted by Crippen LogP contribution is -2.16. The van der Waals surface area contributed by atoms with Crippen molar-refractivity contribution >= 4 is 17.2 Å². The van der Waals surface area contributed by atoms with Gasteiger partial charge in [-0.05, 0) is 19.3 Å². The van der Waals surface area contributed by atoms with E-state index in [2.05, 4.69) is 18.9 Å². The molecule has 4 nitrogen and oxygen atoms in total. The Morgan fingerprint density at radius 2 is 2.16 bits per heavy atom. The lowest BCUT2D eigenvalue weighted by Gasteiger charge is -2.16. The first-order valence-corrected chi connectivity index (χ1v) is 7.38. The Bertz CT molecular complexity index is 429. The third kappa shape index (κ3) is 4.20. The SMILES string of the molecule is CCCCC(CC)COc1c(C(N)=S)c(C)nn1C. The van der Waals surface area contributed by atoms with E-state index in [0.29, 0.717) is 23.4 Å². The van der Waals surface area contributed by atoms with E-state index in [1.54, 1.807) is 4.68 Å². The number of aromatic nitrogens is 2. The third-order valence-electron chi connectivity index (χ3n) is 3.42. The minimum Gasteiger partial charge on any atom is -0.477 e. The van der Waals surface area contributed by atoms with Crippen LogP contribution in [0.15, 0.2) is 0 Å². The van der Waals surface area contributed by atoms with Crippen LogP contribution in [-0.4, -0.2) is 21.4 Å². The maximum atomic E-state index is 5.93. The molecule has 19 heavy (non-hydrogen) atoms. The van der Waals surface area contributed by atoms with Crippen LogP contribution >= 0.6 is 12.2 Å². The Morgan fingerprint density at radius 3 is 2.68 bits per heavy atom. The monoisotopic (exact) mass is 283 g/mol. The topological polar surface area (TPSA) is 53.1 Å².